The minimum atomic E-state index is -4.06. The summed E-state index contributed by atoms with van der Waals surface area (Å²) in [7, 11) is -6.43. The number of rotatable bonds is 8. The maximum Gasteiger partial charge on any atom is 0.283 e. The Morgan fingerprint density at radius 3 is 1.90 bits per heavy atom. The topological polar surface area (TPSA) is 99.6 Å². The predicted octanol–water partition coefficient (Wildman–Crippen LogP) is 4.59. The summed E-state index contributed by atoms with van der Waals surface area (Å²) in [6.45, 7) is 6.50. The van der Waals surface area contributed by atoms with Crippen molar-refractivity contribution in [2.45, 2.75) is 49.1 Å². The lowest BCUT2D eigenvalue weighted by molar-refractivity contribution is 0.120. The van der Waals surface area contributed by atoms with Crippen LogP contribution in [0.5, 0.6) is 5.75 Å². The Kier molecular flexibility index (Phi) is 9.03. The van der Waals surface area contributed by atoms with Crippen molar-refractivity contribution in [2.24, 2.45) is 4.40 Å². The maximum absolute atomic E-state index is 14.2. The van der Waals surface area contributed by atoms with Crippen LogP contribution in [0, 0.1) is 13.8 Å². The lowest BCUT2D eigenvalue weighted by Crippen LogP contribution is -2.54. The second-order valence-electron chi connectivity index (χ2n) is 10.9. The maximum atomic E-state index is 14.2. The van der Waals surface area contributed by atoms with Crippen LogP contribution >= 0.6 is 0 Å². The number of methoxy groups -OCH3 is 1. The molecule has 3 aromatic carbocycles. The zero-order chi connectivity index (χ0) is 29.9. The van der Waals surface area contributed by atoms with Gasteiger partial charge in [-0.1, -0.05) is 47.5 Å². The molecule has 2 aliphatic heterocycles. The summed E-state index contributed by atoms with van der Waals surface area (Å²) in [6.07, 6.45) is 1.76. The van der Waals surface area contributed by atoms with Crippen molar-refractivity contribution in [3.63, 3.8) is 0 Å². The summed E-state index contributed by atoms with van der Waals surface area (Å²) in [5.74, 6) is 0.976. The van der Waals surface area contributed by atoms with Crippen LogP contribution in [0.2, 0.25) is 0 Å². The van der Waals surface area contributed by atoms with Crippen LogP contribution in [-0.2, 0) is 20.0 Å². The Bertz CT molecular complexity index is 1620. The fourth-order valence-corrected chi connectivity index (χ4v) is 8.15. The highest BCUT2D eigenvalue weighted by atomic mass is 32.2. The molecule has 0 saturated carbocycles. The van der Waals surface area contributed by atoms with Crippen molar-refractivity contribution in [1.29, 1.82) is 0 Å². The molecule has 0 radical (unpaired) electrons. The van der Waals surface area contributed by atoms with Crippen LogP contribution < -0.4 is 4.74 Å². The largest absolute Gasteiger partial charge is 0.497 e. The number of amidine groups is 1. The van der Waals surface area contributed by atoms with Crippen molar-refractivity contribution >= 4 is 25.9 Å². The molecule has 3 aromatic rings. The van der Waals surface area contributed by atoms with Crippen LogP contribution in [0.4, 0.5) is 0 Å². The Hall–Kier alpha value is -3.25. The predicted molar refractivity (Wildman–Crippen MR) is 164 cm³/mol. The van der Waals surface area contributed by atoms with Crippen LogP contribution in [0.15, 0.2) is 87.0 Å². The molecular formula is C31H38N4O5S2. The number of likely N-dealkylation sites (tertiary alicyclic amines) is 1. The number of benzene rings is 3. The molecule has 0 N–H and O–H groups in total. The van der Waals surface area contributed by atoms with Gasteiger partial charge in [-0.25, -0.2) is 8.42 Å². The molecule has 42 heavy (non-hydrogen) atoms. The minimum Gasteiger partial charge on any atom is -0.497 e. The average Bonchev–Trinajstić information content (AvgIpc) is 3.50. The highest BCUT2D eigenvalue weighted by Crippen LogP contribution is 2.36. The standard InChI is InChI=1S/C31H38N4O5S2/c1-24-7-15-28(16-8-24)41(36,37)32-30(23-33-19-4-5-20-33)34-21-6-22-35(31(34)26-11-13-27(40-3)14-12-26)42(38,39)29-17-9-25(2)10-18-29/h7-18,31H,4-6,19-23H2,1-3H3. The van der Waals surface area contributed by atoms with Gasteiger partial charge in [-0.15, -0.1) is 4.40 Å². The van der Waals surface area contributed by atoms with Gasteiger partial charge in [-0.3, -0.25) is 4.90 Å². The van der Waals surface area contributed by atoms with Crippen molar-refractivity contribution in [3.05, 3.63) is 89.5 Å². The van der Waals surface area contributed by atoms with Gasteiger partial charge in [0, 0.05) is 13.1 Å². The smallest absolute Gasteiger partial charge is 0.283 e. The molecule has 2 aliphatic rings. The number of sulfonamides is 2. The van der Waals surface area contributed by atoms with E-state index in [4.69, 9.17) is 4.74 Å². The number of nitrogens with zero attached hydrogens (tertiary/aromatic N) is 4. The lowest BCUT2D eigenvalue weighted by Gasteiger charge is -2.45. The second-order valence-corrected chi connectivity index (χ2v) is 14.4. The van der Waals surface area contributed by atoms with E-state index >= 15 is 0 Å². The third-order valence-electron chi connectivity index (χ3n) is 7.83. The summed E-state index contributed by atoms with van der Waals surface area (Å²) in [5.41, 5.74) is 2.61. The fraction of sp³-hybridized carbons (Fsp3) is 0.387. The molecule has 1 atom stereocenters. The molecule has 11 heteroatoms. The van der Waals surface area contributed by atoms with Gasteiger partial charge in [0.15, 0.2) is 0 Å². The molecule has 5 rings (SSSR count). The molecule has 2 saturated heterocycles. The van der Waals surface area contributed by atoms with Gasteiger partial charge >= 0.3 is 0 Å². The summed E-state index contributed by atoms with van der Waals surface area (Å²) in [6, 6.07) is 20.7. The third-order valence-corrected chi connectivity index (χ3v) is 11.0. The second kappa shape index (κ2) is 12.5. The molecule has 2 fully saturated rings. The normalized spacial score (nSPS) is 19.3. The minimum absolute atomic E-state index is 0.106. The van der Waals surface area contributed by atoms with Gasteiger partial charge in [0.1, 0.15) is 17.8 Å². The van der Waals surface area contributed by atoms with Gasteiger partial charge in [0.05, 0.1) is 23.4 Å². The fourth-order valence-electron chi connectivity index (χ4n) is 5.50. The molecule has 0 aromatic heterocycles. The Morgan fingerprint density at radius 2 is 1.33 bits per heavy atom. The average molecular weight is 611 g/mol. The lowest BCUT2D eigenvalue weighted by atomic mass is 10.1. The van der Waals surface area contributed by atoms with Crippen molar-refractivity contribution in [2.75, 3.05) is 39.8 Å². The van der Waals surface area contributed by atoms with Gasteiger partial charge < -0.3 is 9.64 Å². The highest BCUT2D eigenvalue weighted by Gasteiger charge is 2.41. The summed E-state index contributed by atoms with van der Waals surface area (Å²) >= 11 is 0. The first kappa shape index (κ1) is 30.2. The van der Waals surface area contributed by atoms with Gasteiger partial charge in [0.2, 0.25) is 10.0 Å². The molecule has 0 bridgehead atoms. The molecular weight excluding hydrogens is 572 g/mol. The van der Waals surface area contributed by atoms with E-state index in [9.17, 15) is 16.8 Å². The van der Waals surface area contributed by atoms with Crippen molar-refractivity contribution in [3.8, 4) is 5.75 Å². The van der Waals surface area contributed by atoms with E-state index in [1.165, 1.54) is 4.31 Å². The SMILES string of the molecule is COc1ccc(C2N(C(CN3CCCC3)=NS(=O)(=O)c3ccc(C)cc3)CCCN2S(=O)(=O)c2ccc(C)cc2)cc1. The van der Waals surface area contributed by atoms with E-state index in [2.05, 4.69) is 9.30 Å². The Balaban J connectivity index is 1.64. The first-order valence-electron chi connectivity index (χ1n) is 14.2. The van der Waals surface area contributed by atoms with Crippen molar-refractivity contribution < 1.29 is 21.6 Å². The van der Waals surface area contributed by atoms with Gasteiger partial charge in [0.25, 0.3) is 10.0 Å². The quantitative estimate of drug-likeness (QED) is 0.272. The monoisotopic (exact) mass is 610 g/mol. The van der Waals surface area contributed by atoms with Gasteiger partial charge in [-0.2, -0.15) is 12.7 Å². The van der Waals surface area contributed by atoms with Crippen LogP contribution in [-0.4, -0.2) is 76.6 Å². The first-order valence-corrected chi connectivity index (χ1v) is 17.1. The summed E-state index contributed by atoms with van der Waals surface area (Å²) < 4.78 is 66.9. The molecule has 0 aliphatic carbocycles. The summed E-state index contributed by atoms with van der Waals surface area (Å²) in [4.78, 5) is 4.34. The molecule has 9 nitrogen and oxygen atoms in total. The Morgan fingerprint density at radius 1 is 0.762 bits per heavy atom. The highest BCUT2D eigenvalue weighted by molar-refractivity contribution is 7.90. The molecule has 224 valence electrons. The van der Waals surface area contributed by atoms with E-state index in [-0.39, 0.29) is 16.3 Å². The number of aryl methyl sites for hydroxylation is 2. The van der Waals surface area contributed by atoms with Crippen LogP contribution in [0.25, 0.3) is 0 Å². The van der Waals surface area contributed by atoms with E-state index in [0.717, 1.165) is 37.1 Å². The van der Waals surface area contributed by atoms with Crippen LogP contribution in [0.1, 0.15) is 42.1 Å². The van der Waals surface area contributed by atoms with E-state index in [0.29, 0.717) is 36.7 Å². The number of hydrogen-bond acceptors (Lipinski definition) is 6. The number of ether oxygens (including phenoxy) is 1. The van der Waals surface area contributed by atoms with E-state index in [1.54, 1.807) is 67.8 Å². The molecule has 1 unspecified atom stereocenters. The third kappa shape index (κ3) is 6.54. The van der Waals surface area contributed by atoms with E-state index < -0.39 is 26.2 Å². The van der Waals surface area contributed by atoms with Crippen LogP contribution in [0.3, 0.4) is 0 Å². The molecule has 0 amide bonds. The Labute approximate surface area is 249 Å². The summed E-state index contributed by atoms with van der Waals surface area (Å²) in [5, 5.41) is 0. The van der Waals surface area contributed by atoms with Gasteiger partial charge in [-0.05, 0) is 88.2 Å². The zero-order valence-corrected chi connectivity index (χ0v) is 25.9. The molecule has 0 spiro atoms. The zero-order valence-electron chi connectivity index (χ0n) is 24.3. The van der Waals surface area contributed by atoms with Crippen molar-refractivity contribution in [1.82, 2.24) is 14.1 Å². The van der Waals surface area contributed by atoms with E-state index in [1.807, 2.05) is 30.9 Å². The first-order chi connectivity index (χ1) is 20.1. The number of hydrogen-bond donors (Lipinski definition) is 0. The molecule has 2 heterocycles.